The third-order valence-corrected chi connectivity index (χ3v) is 3.00. The maximum atomic E-state index is 5.40. The normalized spacial score (nSPS) is 19.6. The predicted octanol–water partition coefficient (Wildman–Crippen LogP) is 1.88. The van der Waals surface area contributed by atoms with Gasteiger partial charge in [-0.15, -0.1) is 0 Å². The Morgan fingerprint density at radius 2 is 2.06 bits per heavy atom. The van der Waals surface area contributed by atoms with E-state index < -0.39 is 0 Å². The highest BCUT2D eigenvalue weighted by atomic mass is 16.5. The molecule has 88 valence electrons. The number of methoxy groups -OCH3 is 1. The molecule has 1 aromatic rings. The maximum Gasteiger partial charge on any atom is 0.142 e. The van der Waals surface area contributed by atoms with E-state index in [1.54, 1.807) is 7.11 Å². The van der Waals surface area contributed by atoms with Crippen LogP contribution in [0, 0.1) is 0 Å². The first kappa shape index (κ1) is 11.3. The van der Waals surface area contributed by atoms with Crippen LogP contribution in [-0.4, -0.2) is 32.3 Å². The fraction of sp³-hybridized carbons (Fsp3) is 0.538. The van der Waals surface area contributed by atoms with Crippen molar-refractivity contribution in [1.82, 2.24) is 5.32 Å². The van der Waals surface area contributed by atoms with Gasteiger partial charge in [-0.05, 0) is 26.0 Å². The summed E-state index contributed by atoms with van der Waals surface area (Å²) in [6.45, 7) is 7.52. The molecule has 0 aromatic heterocycles. The van der Waals surface area contributed by atoms with Crippen molar-refractivity contribution in [2.45, 2.75) is 19.4 Å². The molecule has 1 N–H and O–H groups in total. The topological polar surface area (TPSA) is 24.5 Å². The summed E-state index contributed by atoms with van der Waals surface area (Å²) in [5.74, 6) is 0.959. The highest BCUT2D eigenvalue weighted by molar-refractivity contribution is 5.59. The van der Waals surface area contributed by atoms with Gasteiger partial charge in [0.2, 0.25) is 0 Å². The second kappa shape index (κ2) is 4.34. The van der Waals surface area contributed by atoms with Crippen LogP contribution in [0.2, 0.25) is 0 Å². The summed E-state index contributed by atoms with van der Waals surface area (Å²) in [6, 6.07) is 8.22. The Morgan fingerprint density at radius 1 is 1.31 bits per heavy atom. The second-order valence-corrected chi connectivity index (χ2v) is 4.90. The maximum absolute atomic E-state index is 5.40. The summed E-state index contributed by atoms with van der Waals surface area (Å²) in [6.07, 6.45) is 0. The largest absolute Gasteiger partial charge is 0.495 e. The van der Waals surface area contributed by atoms with Gasteiger partial charge in [0.15, 0.2) is 0 Å². The van der Waals surface area contributed by atoms with Crippen LogP contribution in [-0.2, 0) is 0 Å². The van der Waals surface area contributed by atoms with Crippen molar-refractivity contribution in [2.75, 3.05) is 31.6 Å². The molecule has 1 saturated heterocycles. The van der Waals surface area contributed by atoms with Crippen molar-refractivity contribution < 1.29 is 4.74 Å². The van der Waals surface area contributed by atoms with Crippen molar-refractivity contribution in [2.24, 2.45) is 0 Å². The fourth-order valence-electron chi connectivity index (χ4n) is 2.24. The summed E-state index contributed by atoms with van der Waals surface area (Å²) < 4.78 is 5.40. The average molecular weight is 220 g/mol. The van der Waals surface area contributed by atoms with Crippen LogP contribution in [0.4, 0.5) is 5.69 Å². The second-order valence-electron chi connectivity index (χ2n) is 4.90. The van der Waals surface area contributed by atoms with Crippen molar-refractivity contribution >= 4 is 5.69 Å². The molecule has 0 atom stereocenters. The molecule has 16 heavy (non-hydrogen) atoms. The molecule has 0 saturated carbocycles. The van der Waals surface area contributed by atoms with Gasteiger partial charge in [-0.3, -0.25) is 0 Å². The van der Waals surface area contributed by atoms with E-state index in [4.69, 9.17) is 4.74 Å². The first-order valence-corrected chi connectivity index (χ1v) is 5.75. The van der Waals surface area contributed by atoms with Crippen LogP contribution < -0.4 is 15.0 Å². The Labute approximate surface area is 97.4 Å². The Hall–Kier alpha value is -1.22. The lowest BCUT2D eigenvalue weighted by molar-refractivity contribution is 0.348. The monoisotopic (exact) mass is 220 g/mol. The Morgan fingerprint density at radius 3 is 2.75 bits per heavy atom. The number of ether oxygens (including phenoxy) is 1. The van der Waals surface area contributed by atoms with Gasteiger partial charge in [-0.2, -0.15) is 0 Å². The summed E-state index contributed by atoms with van der Waals surface area (Å²) in [5, 5.41) is 3.51. The third-order valence-electron chi connectivity index (χ3n) is 3.00. The molecule has 3 nitrogen and oxygen atoms in total. The van der Waals surface area contributed by atoms with Crippen molar-refractivity contribution in [1.29, 1.82) is 0 Å². The van der Waals surface area contributed by atoms with E-state index in [0.29, 0.717) is 0 Å². The summed E-state index contributed by atoms with van der Waals surface area (Å²) >= 11 is 0. The number of nitrogens with zero attached hydrogens (tertiary/aromatic N) is 1. The minimum atomic E-state index is 0.166. The molecule has 1 aliphatic rings. The molecule has 1 aromatic carbocycles. The van der Waals surface area contributed by atoms with Gasteiger partial charge < -0.3 is 15.0 Å². The molecule has 0 spiro atoms. The zero-order valence-electron chi connectivity index (χ0n) is 10.3. The van der Waals surface area contributed by atoms with E-state index in [1.165, 1.54) is 5.69 Å². The van der Waals surface area contributed by atoms with Crippen molar-refractivity contribution in [3.63, 3.8) is 0 Å². The number of benzene rings is 1. The highest BCUT2D eigenvalue weighted by Gasteiger charge is 2.26. The molecular formula is C13H20N2O. The first-order valence-electron chi connectivity index (χ1n) is 5.75. The van der Waals surface area contributed by atoms with Gasteiger partial charge in [-0.1, -0.05) is 12.1 Å². The molecule has 2 rings (SSSR count). The predicted molar refractivity (Wildman–Crippen MR) is 67.3 cm³/mol. The van der Waals surface area contributed by atoms with Crippen LogP contribution in [0.3, 0.4) is 0 Å². The molecule has 1 heterocycles. The summed E-state index contributed by atoms with van der Waals surface area (Å²) in [5.41, 5.74) is 1.36. The Bertz CT molecular complexity index is 363. The van der Waals surface area contributed by atoms with Crippen LogP contribution in [0.1, 0.15) is 13.8 Å². The van der Waals surface area contributed by atoms with E-state index in [2.05, 4.69) is 36.2 Å². The van der Waals surface area contributed by atoms with Gasteiger partial charge in [0, 0.05) is 25.2 Å². The van der Waals surface area contributed by atoms with Crippen LogP contribution >= 0.6 is 0 Å². The molecular weight excluding hydrogens is 200 g/mol. The first-order chi connectivity index (χ1) is 7.62. The molecule has 0 aliphatic carbocycles. The number of hydrogen-bond acceptors (Lipinski definition) is 3. The molecule has 1 aliphatic heterocycles. The lowest BCUT2D eigenvalue weighted by Crippen LogP contribution is -2.57. The molecule has 0 radical (unpaired) electrons. The number of para-hydroxylation sites is 2. The van der Waals surface area contributed by atoms with E-state index in [0.717, 1.165) is 25.4 Å². The van der Waals surface area contributed by atoms with Gasteiger partial charge in [0.05, 0.1) is 12.8 Å². The lowest BCUT2D eigenvalue weighted by Gasteiger charge is -2.40. The van der Waals surface area contributed by atoms with Crippen LogP contribution in [0.15, 0.2) is 24.3 Å². The van der Waals surface area contributed by atoms with E-state index in [9.17, 15) is 0 Å². The number of hydrogen-bond donors (Lipinski definition) is 1. The number of rotatable bonds is 2. The smallest absolute Gasteiger partial charge is 0.142 e. The zero-order valence-corrected chi connectivity index (χ0v) is 10.3. The summed E-state index contributed by atoms with van der Waals surface area (Å²) in [7, 11) is 1.73. The molecule has 1 fully saturated rings. The summed E-state index contributed by atoms with van der Waals surface area (Å²) in [4.78, 5) is 2.38. The van der Waals surface area contributed by atoms with E-state index in [1.807, 2.05) is 12.1 Å². The quantitative estimate of drug-likeness (QED) is 0.823. The average Bonchev–Trinajstić information content (AvgIpc) is 2.27. The Balaban J connectivity index is 2.23. The van der Waals surface area contributed by atoms with Gasteiger partial charge in [-0.25, -0.2) is 0 Å². The molecule has 0 amide bonds. The lowest BCUT2D eigenvalue weighted by atomic mass is 10.0. The van der Waals surface area contributed by atoms with Gasteiger partial charge in [0.1, 0.15) is 5.75 Å². The SMILES string of the molecule is COc1ccccc1N1CCNC(C)(C)C1. The number of anilines is 1. The minimum Gasteiger partial charge on any atom is -0.495 e. The van der Waals surface area contributed by atoms with Crippen LogP contribution in [0.5, 0.6) is 5.75 Å². The van der Waals surface area contributed by atoms with E-state index in [-0.39, 0.29) is 5.54 Å². The zero-order chi connectivity index (χ0) is 11.6. The number of piperazine rings is 1. The highest BCUT2D eigenvalue weighted by Crippen LogP contribution is 2.29. The van der Waals surface area contributed by atoms with Crippen molar-refractivity contribution in [3.05, 3.63) is 24.3 Å². The van der Waals surface area contributed by atoms with Gasteiger partial charge >= 0.3 is 0 Å². The molecule has 3 heteroatoms. The standard InChI is InChI=1S/C13H20N2O/c1-13(2)10-15(9-8-14-13)11-6-4-5-7-12(11)16-3/h4-7,14H,8-10H2,1-3H3. The third kappa shape index (κ3) is 2.30. The number of nitrogens with one attached hydrogen (secondary N) is 1. The minimum absolute atomic E-state index is 0.166. The van der Waals surface area contributed by atoms with E-state index >= 15 is 0 Å². The van der Waals surface area contributed by atoms with Crippen molar-refractivity contribution in [3.8, 4) is 5.75 Å². The molecule has 0 bridgehead atoms. The van der Waals surface area contributed by atoms with Gasteiger partial charge in [0.25, 0.3) is 0 Å². The fourth-order valence-corrected chi connectivity index (χ4v) is 2.24. The Kier molecular flexibility index (Phi) is 3.06. The van der Waals surface area contributed by atoms with Crippen LogP contribution in [0.25, 0.3) is 0 Å². The molecule has 0 unspecified atom stereocenters.